The van der Waals surface area contributed by atoms with Crippen LogP contribution in [0.5, 0.6) is 23.0 Å². The maximum absolute atomic E-state index is 13.2. The molecule has 0 spiro atoms. The van der Waals surface area contributed by atoms with Crippen molar-refractivity contribution in [1.82, 2.24) is 19.7 Å². The van der Waals surface area contributed by atoms with Crippen LogP contribution < -0.4 is 24.5 Å². The fourth-order valence-electron chi connectivity index (χ4n) is 3.71. The molecular formula is C22H18N4O6S. The first-order valence-electron chi connectivity index (χ1n) is 10.4. The average molecular weight is 466 g/mol. The quantitative estimate of drug-likeness (QED) is 0.309. The Balaban J connectivity index is 1.28. The van der Waals surface area contributed by atoms with E-state index in [1.54, 1.807) is 16.7 Å². The molecule has 0 saturated heterocycles. The third kappa shape index (κ3) is 3.54. The summed E-state index contributed by atoms with van der Waals surface area (Å²) in [5.74, 6) is 3.74. The molecular weight excluding hydrogens is 448 g/mol. The highest BCUT2D eigenvalue weighted by Crippen LogP contribution is 2.36. The number of rotatable bonds is 6. The van der Waals surface area contributed by atoms with Crippen LogP contribution in [0.4, 0.5) is 0 Å². The minimum atomic E-state index is -0.116. The maximum atomic E-state index is 13.2. The number of hydrogen-bond donors (Lipinski definition) is 0. The van der Waals surface area contributed by atoms with Gasteiger partial charge in [-0.15, -0.1) is 0 Å². The minimum absolute atomic E-state index is 0.116. The van der Waals surface area contributed by atoms with Gasteiger partial charge in [-0.05, 0) is 30.7 Å². The zero-order valence-electron chi connectivity index (χ0n) is 17.6. The molecule has 2 aliphatic heterocycles. The lowest BCUT2D eigenvalue weighted by Crippen LogP contribution is -2.23. The first kappa shape index (κ1) is 19.9. The van der Waals surface area contributed by atoms with E-state index < -0.39 is 0 Å². The first-order valence-corrected chi connectivity index (χ1v) is 11.4. The second kappa shape index (κ2) is 8.00. The predicted molar refractivity (Wildman–Crippen MR) is 118 cm³/mol. The van der Waals surface area contributed by atoms with Crippen molar-refractivity contribution in [3.8, 4) is 34.4 Å². The lowest BCUT2D eigenvalue weighted by molar-refractivity contribution is 0.173. The molecule has 2 aromatic heterocycles. The Kier molecular flexibility index (Phi) is 4.83. The summed E-state index contributed by atoms with van der Waals surface area (Å²) in [7, 11) is 0. The molecule has 0 amide bonds. The minimum Gasteiger partial charge on any atom is -0.454 e. The van der Waals surface area contributed by atoms with Gasteiger partial charge in [0.1, 0.15) is 0 Å². The summed E-state index contributed by atoms with van der Waals surface area (Å²) in [6.07, 6.45) is 0.792. The molecule has 2 aromatic carbocycles. The van der Waals surface area contributed by atoms with Crippen LogP contribution in [0.25, 0.3) is 22.3 Å². The summed E-state index contributed by atoms with van der Waals surface area (Å²) in [6.45, 7) is 2.90. The largest absolute Gasteiger partial charge is 0.454 e. The molecule has 0 radical (unpaired) electrons. The van der Waals surface area contributed by atoms with E-state index >= 15 is 0 Å². The van der Waals surface area contributed by atoms with Gasteiger partial charge in [0.15, 0.2) is 28.2 Å². The Hall–Kier alpha value is -3.73. The van der Waals surface area contributed by atoms with E-state index in [1.165, 1.54) is 11.8 Å². The molecule has 4 heterocycles. The van der Waals surface area contributed by atoms with Crippen LogP contribution >= 0.6 is 11.8 Å². The Morgan fingerprint density at radius 3 is 2.55 bits per heavy atom. The number of nitrogens with zero attached hydrogens (tertiary/aromatic N) is 4. The van der Waals surface area contributed by atoms with Gasteiger partial charge in [0.2, 0.25) is 25.3 Å². The third-order valence-electron chi connectivity index (χ3n) is 5.28. The predicted octanol–water partition coefficient (Wildman–Crippen LogP) is 3.61. The van der Waals surface area contributed by atoms with Crippen molar-refractivity contribution in [2.75, 3.05) is 13.6 Å². The molecule has 0 bridgehead atoms. The molecule has 168 valence electrons. The van der Waals surface area contributed by atoms with Gasteiger partial charge in [-0.1, -0.05) is 23.8 Å². The smallest absolute Gasteiger partial charge is 0.262 e. The first-order chi connectivity index (χ1) is 16.2. The molecule has 33 heavy (non-hydrogen) atoms. The molecule has 0 saturated carbocycles. The SMILES string of the molecule is CCCn1c(SCc2nc(-c3ccc4c(c3)OCO4)no2)nc2cc3c(cc2c1=O)OCO3. The summed E-state index contributed by atoms with van der Waals surface area (Å²) in [6, 6.07) is 8.92. The molecule has 2 aliphatic rings. The summed E-state index contributed by atoms with van der Waals surface area (Å²) < 4.78 is 28.7. The summed E-state index contributed by atoms with van der Waals surface area (Å²) in [5, 5.41) is 5.15. The van der Waals surface area contributed by atoms with Crippen molar-refractivity contribution in [3.63, 3.8) is 0 Å². The highest BCUT2D eigenvalue weighted by molar-refractivity contribution is 7.98. The van der Waals surface area contributed by atoms with Gasteiger partial charge in [0.25, 0.3) is 5.56 Å². The monoisotopic (exact) mass is 466 g/mol. The lowest BCUT2D eigenvalue weighted by atomic mass is 10.2. The van der Waals surface area contributed by atoms with Gasteiger partial charge in [-0.3, -0.25) is 9.36 Å². The Bertz CT molecular complexity index is 1430. The normalized spacial score (nSPS) is 13.7. The molecule has 0 N–H and O–H groups in total. The molecule has 4 aromatic rings. The molecule has 0 fully saturated rings. The standard InChI is InChI=1S/C22H18N4O6S/c1-2-5-26-21(27)13-7-17-18(31-11-30-17)8-14(13)23-22(26)33-9-19-24-20(25-32-19)12-3-4-15-16(6-12)29-10-28-15/h3-4,6-8H,2,5,9-11H2,1H3. The summed E-state index contributed by atoms with van der Waals surface area (Å²) in [4.78, 5) is 22.4. The van der Waals surface area contributed by atoms with Crippen molar-refractivity contribution < 1.29 is 23.5 Å². The van der Waals surface area contributed by atoms with Gasteiger partial charge in [-0.2, -0.15) is 4.98 Å². The number of fused-ring (bicyclic) bond motifs is 3. The molecule has 0 unspecified atom stereocenters. The van der Waals surface area contributed by atoms with Gasteiger partial charge in [0, 0.05) is 18.2 Å². The summed E-state index contributed by atoms with van der Waals surface area (Å²) in [5.41, 5.74) is 1.21. The zero-order valence-corrected chi connectivity index (χ0v) is 18.4. The van der Waals surface area contributed by atoms with E-state index in [0.29, 0.717) is 63.1 Å². The highest BCUT2D eigenvalue weighted by Gasteiger charge is 2.20. The van der Waals surface area contributed by atoms with E-state index in [-0.39, 0.29) is 19.1 Å². The second-order valence-corrected chi connectivity index (χ2v) is 8.38. The van der Waals surface area contributed by atoms with Crippen LogP contribution in [-0.2, 0) is 12.3 Å². The number of benzene rings is 2. The van der Waals surface area contributed by atoms with Crippen molar-refractivity contribution in [1.29, 1.82) is 0 Å². The van der Waals surface area contributed by atoms with Crippen LogP contribution in [0, 0.1) is 0 Å². The van der Waals surface area contributed by atoms with E-state index in [4.69, 9.17) is 28.5 Å². The molecule has 0 atom stereocenters. The number of thioether (sulfide) groups is 1. The van der Waals surface area contributed by atoms with Gasteiger partial charge in [-0.25, -0.2) is 4.98 Å². The van der Waals surface area contributed by atoms with Crippen LogP contribution in [0.15, 0.2) is 44.8 Å². The fourth-order valence-corrected chi connectivity index (χ4v) is 4.58. The van der Waals surface area contributed by atoms with Crippen LogP contribution in [0.3, 0.4) is 0 Å². The Labute approximate surface area is 191 Å². The second-order valence-electron chi connectivity index (χ2n) is 7.44. The number of aromatic nitrogens is 4. The van der Waals surface area contributed by atoms with Crippen LogP contribution in [0.2, 0.25) is 0 Å². The molecule has 10 nitrogen and oxygen atoms in total. The summed E-state index contributed by atoms with van der Waals surface area (Å²) >= 11 is 1.37. The Morgan fingerprint density at radius 1 is 0.970 bits per heavy atom. The van der Waals surface area contributed by atoms with Crippen molar-refractivity contribution in [2.24, 2.45) is 0 Å². The van der Waals surface area contributed by atoms with Crippen molar-refractivity contribution >= 4 is 22.7 Å². The topological polar surface area (TPSA) is 111 Å². The lowest BCUT2D eigenvalue weighted by Gasteiger charge is -2.12. The van der Waals surface area contributed by atoms with E-state index in [9.17, 15) is 4.79 Å². The maximum Gasteiger partial charge on any atom is 0.262 e. The molecule has 11 heteroatoms. The van der Waals surface area contributed by atoms with Gasteiger partial charge < -0.3 is 23.5 Å². The van der Waals surface area contributed by atoms with Crippen molar-refractivity contribution in [2.45, 2.75) is 30.8 Å². The molecule has 0 aliphatic carbocycles. The van der Waals surface area contributed by atoms with Crippen LogP contribution in [-0.4, -0.2) is 33.3 Å². The van der Waals surface area contributed by atoms with E-state index in [1.807, 2.05) is 25.1 Å². The Morgan fingerprint density at radius 2 is 1.73 bits per heavy atom. The van der Waals surface area contributed by atoms with E-state index in [2.05, 4.69) is 10.1 Å². The third-order valence-corrected chi connectivity index (χ3v) is 6.25. The van der Waals surface area contributed by atoms with E-state index in [0.717, 1.165) is 12.0 Å². The fraction of sp³-hybridized carbons (Fsp3) is 0.273. The highest BCUT2D eigenvalue weighted by atomic mass is 32.2. The zero-order chi connectivity index (χ0) is 22.4. The number of ether oxygens (including phenoxy) is 4. The van der Waals surface area contributed by atoms with Crippen LogP contribution in [0.1, 0.15) is 19.2 Å². The average Bonchev–Trinajstić information content (AvgIpc) is 3.58. The molecule has 6 rings (SSSR count). The van der Waals surface area contributed by atoms with Crippen molar-refractivity contribution in [3.05, 3.63) is 46.6 Å². The van der Waals surface area contributed by atoms with Gasteiger partial charge in [0.05, 0.1) is 16.7 Å². The number of hydrogen-bond acceptors (Lipinski definition) is 10. The van der Waals surface area contributed by atoms with Gasteiger partial charge >= 0.3 is 0 Å².